The largest absolute Gasteiger partial charge is 0.325 e. The van der Waals surface area contributed by atoms with E-state index in [2.05, 4.69) is 23.7 Å². The first-order chi connectivity index (χ1) is 12.0. The van der Waals surface area contributed by atoms with E-state index in [0.29, 0.717) is 6.04 Å². The van der Waals surface area contributed by atoms with Crippen LogP contribution in [-0.2, 0) is 4.79 Å². The topological polar surface area (TPSA) is 46.9 Å². The summed E-state index contributed by atoms with van der Waals surface area (Å²) in [5.41, 5.74) is 4.33. The van der Waals surface area contributed by atoms with E-state index in [-0.39, 0.29) is 11.2 Å². The molecule has 3 rings (SSSR count). The van der Waals surface area contributed by atoms with Crippen molar-refractivity contribution in [3.8, 4) is 0 Å². The number of hydrogen-bond acceptors (Lipinski definition) is 3. The Hall–Kier alpha value is -1.75. The van der Waals surface area contributed by atoms with E-state index in [1.165, 1.54) is 36.9 Å². The first-order valence-corrected chi connectivity index (χ1v) is 9.93. The molecule has 1 aliphatic rings. The van der Waals surface area contributed by atoms with E-state index in [1.54, 1.807) is 11.8 Å². The number of rotatable bonds is 5. The average molecular weight is 358 g/mol. The molecule has 1 aromatic carbocycles. The Kier molecular flexibility index (Phi) is 5.52. The highest BCUT2D eigenvalue weighted by atomic mass is 32.2. The predicted molar refractivity (Wildman–Crippen MR) is 104 cm³/mol. The SMILES string of the molecule is Cc1ccc(NC(=O)[C@H](C)Sc2nc(C)c(C)n2C2CCCC2)cc1. The second-order valence-corrected chi connectivity index (χ2v) is 8.30. The quantitative estimate of drug-likeness (QED) is 0.762. The van der Waals surface area contributed by atoms with Gasteiger partial charge in [0.15, 0.2) is 5.16 Å². The third-order valence-corrected chi connectivity index (χ3v) is 6.08. The molecule has 1 fully saturated rings. The number of anilines is 1. The van der Waals surface area contributed by atoms with Crippen LogP contribution in [0.2, 0.25) is 0 Å². The average Bonchev–Trinajstić information content (AvgIpc) is 3.18. The molecule has 25 heavy (non-hydrogen) atoms. The lowest BCUT2D eigenvalue weighted by Crippen LogP contribution is -2.23. The summed E-state index contributed by atoms with van der Waals surface area (Å²) in [6, 6.07) is 8.44. The lowest BCUT2D eigenvalue weighted by atomic mass is 10.2. The van der Waals surface area contributed by atoms with E-state index in [0.717, 1.165) is 16.5 Å². The molecule has 1 aliphatic carbocycles. The fraction of sp³-hybridized carbons (Fsp3) is 0.500. The third-order valence-electron chi connectivity index (χ3n) is 5.01. The normalized spacial score (nSPS) is 16.2. The third kappa shape index (κ3) is 4.09. The summed E-state index contributed by atoms with van der Waals surface area (Å²) in [5.74, 6) is 0.0186. The molecule has 1 N–H and O–H groups in total. The van der Waals surface area contributed by atoms with Crippen molar-refractivity contribution in [3.63, 3.8) is 0 Å². The highest BCUT2D eigenvalue weighted by Crippen LogP contribution is 2.36. The van der Waals surface area contributed by atoms with Gasteiger partial charge in [-0.2, -0.15) is 0 Å². The number of imidazole rings is 1. The zero-order valence-corrected chi connectivity index (χ0v) is 16.3. The second-order valence-electron chi connectivity index (χ2n) is 6.99. The van der Waals surface area contributed by atoms with Gasteiger partial charge < -0.3 is 9.88 Å². The maximum Gasteiger partial charge on any atom is 0.237 e. The van der Waals surface area contributed by atoms with Crippen LogP contribution in [0, 0.1) is 20.8 Å². The Morgan fingerprint density at radius 1 is 1.20 bits per heavy atom. The number of nitrogens with zero attached hydrogens (tertiary/aromatic N) is 2. The highest BCUT2D eigenvalue weighted by Gasteiger charge is 2.25. The summed E-state index contributed by atoms with van der Waals surface area (Å²) < 4.78 is 2.36. The monoisotopic (exact) mass is 357 g/mol. The fourth-order valence-corrected chi connectivity index (χ4v) is 4.44. The molecule has 1 heterocycles. The first-order valence-electron chi connectivity index (χ1n) is 9.05. The molecule has 0 saturated heterocycles. The van der Waals surface area contributed by atoms with Gasteiger partial charge in [-0.3, -0.25) is 4.79 Å². The van der Waals surface area contributed by atoms with Gasteiger partial charge in [0.05, 0.1) is 10.9 Å². The van der Waals surface area contributed by atoms with Crippen molar-refractivity contribution in [1.29, 1.82) is 0 Å². The summed E-state index contributed by atoms with van der Waals surface area (Å²) in [5, 5.41) is 3.79. The molecular formula is C20H27N3OS. The summed E-state index contributed by atoms with van der Waals surface area (Å²) in [6.45, 7) is 8.19. The summed E-state index contributed by atoms with van der Waals surface area (Å²) >= 11 is 1.56. The van der Waals surface area contributed by atoms with Crippen LogP contribution < -0.4 is 5.32 Å². The number of thioether (sulfide) groups is 1. The molecular weight excluding hydrogens is 330 g/mol. The fourth-order valence-electron chi connectivity index (χ4n) is 3.36. The number of aromatic nitrogens is 2. The van der Waals surface area contributed by atoms with Gasteiger partial charge in [-0.1, -0.05) is 42.3 Å². The smallest absolute Gasteiger partial charge is 0.237 e. The van der Waals surface area contributed by atoms with Crippen molar-refractivity contribution in [2.75, 3.05) is 5.32 Å². The van der Waals surface area contributed by atoms with Gasteiger partial charge in [0.1, 0.15) is 0 Å². The van der Waals surface area contributed by atoms with Crippen LogP contribution in [0.3, 0.4) is 0 Å². The minimum Gasteiger partial charge on any atom is -0.325 e. The van der Waals surface area contributed by atoms with Gasteiger partial charge in [0, 0.05) is 17.4 Å². The lowest BCUT2D eigenvalue weighted by Gasteiger charge is -2.18. The minimum atomic E-state index is -0.192. The van der Waals surface area contributed by atoms with Crippen molar-refractivity contribution in [2.24, 2.45) is 0 Å². The number of aryl methyl sites for hydroxylation is 2. The number of amides is 1. The van der Waals surface area contributed by atoms with Crippen LogP contribution in [-0.4, -0.2) is 20.7 Å². The van der Waals surface area contributed by atoms with Crippen molar-refractivity contribution in [3.05, 3.63) is 41.2 Å². The molecule has 0 radical (unpaired) electrons. The maximum absolute atomic E-state index is 12.6. The molecule has 2 aromatic rings. The Balaban J connectivity index is 1.71. The Morgan fingerprint density at radius 3 is 2.48 bits per heavy atom. The second kappa shape index (κ2) is 7.65. The summed E-state index contributed by atoms with van der Waals surface area (Å²) in [7, 11) is 0. The molecule has 1 amide bonds. The predicted octanol–water partition coefficient (Wildman–Crippen LogP) is 5.04. The number of hydrogen-bond donors (Lipinski definition) is 1. The number of nitrogens with one attached hydrogen (secondary N) is 1. The van der Waals surface area contributed by atoms with Crippen LogP contribution in [0.5, 0.6) is 0 Å². The summed E-state index contributed by atoms with van der Waals surface area (Å²) in [6.07, 6.45) is 5.01. The van der Waals surface area contributed by atoms with E-state index in [4.69, 9.17) is 4.98 Å². The van der Waals surface area contributed by atoms with Crippen molar-refractivity contribution < 1.29 is 4.79 Å². The van der Waals surface area contributed by atoms with Gasteiger partial charge in [-0.25, -0.2) is 4.98 Å². The Morgan fingerprint density at radius 2 is 1.84 bits per heavy atom. The molecule has 0 aliphatic heterocycles. The molecule has 0 bridgehead atoms. The minimum absolute atomic E-state index is 0.0186. The Labute approximate surface area is 154 Å². The number of benzene rings is 1. The standard InChI is InChI=1S/C20H27N3OS/c1-13-9-11-17(12-10-13)22-19(24)16(4)25-20-21-14(2)15(3)23(20)18-7-5-6-8-18/h9-12,16,18H,5-8H2,1-4H3,(H,22,24)/t16-/m0/s1. The maximum atomic E-state index is 12.6. The van der Waals surface area contributed by atoms with Gasteiger partial charge in [-0.15, -0.1) is 0 Å². The van der Waals surface area contributed by atoms with Gasteiger partial charge in [0.25, 0.3) is 0 Å². The molecule has 0 unspecified atom stereocenters. The van der Waals surface area contributed by atoms with Crippen molar-refractivity contribution in [2.45, 2.75) is 69.8 Å². The Bertz CT molecular complexity index is 745. The molecule has 1 aromatic heterocycles. The van der Waals surface area contributed by atoms with E-state index in [1.807, 2.05) is 38.1 Å². The van der Waals surface area contributed by atoms with Crippen LogP contribution in [0.4, 0.5) is 5.69 Å². The van der Waals surface area contributed by atoms with Crippen LogP contribution in [0.1, 0.15) is 55.6 Å². The van der Waals surface area contributed by atoms with Crippen LogP contribution in [0.15, 0.2) is 29.4 Å². The highest BCUT2D eigenvalue weighted by molar-refractivity contribution is 8.00. The van der Waals surface area contributed by atoms with E-state index < -0.39 is 0 Å². The van der Waals surface area contributed by atoms with Gasteiger partial charge in [-0.05, 0) is 52.7 Å². The molecule has 0 spiro atoms. The van der Waals surface area contributed by atoms with E-state index >= 15 is 0 Å². The molecule has 134 valence electrons. The van der Waals surface area contributed by atoms with Crippen LogP contribution >= 0.6 is 11.8 Å². The molecule has 1 atom stereocenters. The molecule has 5 heteroatoms. The lowest BCUT2D eigenvalue weighted by molar-refractivity contribution is -0.115. The van der Waals surface area contributed by atoms with Crippen molar-refractivity contribution in [1.82, 2.24) is 9.55 Å². The van der Waals surface area contributed by atoms with E-state index in [9.17, 15) is 4.79 Å². The zero-order chi connectivity index (χ0) is 18.0. The number of carbonyl (C=O) groups is 1. The van der Waals surface area contributed by atoms with Crippen molar-refractivity contribution >= 4 is 23.4 Å². The zero-order valence-electron chi connectivity index (χ0n) is 15.5. The van der Waals surface area contributed by atoms with Crippen LogP contribution in [0.25, 0.3) is 0 Å². The molecule has 1 saturated carbocycles. The van der Waals surface area contributed by atoms with Gasteiger partial charge >= 0.3 is 0 Å². The van der Waals surface area contributed by atoms with Gasteiger partial charge in [0.2, 0.25) is 5.91 Å². The number of carbonyl (C=O) groups excluding carboxylic acids is 1. The first kappa shape index (κ1) is 18.1. The molecule has 4 nitrogen and oxygen atoms in total. The summed E-state index contributed by atoms with van der Waals surface area (Å²) in [4.78, 5) is 17.3.